The van der Waals surface area contributed by atoms with Gasteiger partial charge in [0.15, 0.2) is 5.60 Å². The molecule has 0 saturated carbocycles. The van der Waals surface area contributed by atoms with Gasteiger partial charge in [-0.2, -0.15) is 0 Å². The van der Waals surface area contributed by atoms with Crippen molar-refractivity contribution in [2.45, 2.75) is 18.4 Å². The number of ether oxygens (including phenoxy) is 1. The van der Waals surface area contributed by atoms with Crippen LogP contribution in [0.25, 0.3) is 0 Å². The molecule has 0 radical (unpaired) electrons. The molecule has 110 valence electrons. The number of para-hydroxylation sites is 1. The van der Waals surface area contributed by atoms with Gasteiger partial charge in [0.2, 0.25) is 0 Å². The van der Waals surface area contributed by atoms with Gasteiger partial charge in [0, 0.05) is 13.1 Å². The Bertz CT molecular complexity index is 483. The van der Waals surface area contributed by atoms with E-state index in [2.05, 4.69) is 15.9 Å². The predicted molar refractivity (Wildman–Crippen MR) is 79.5 cm³/mol. The molecular formula is C14H19BrN2O3. The molecule has 0 aliphatic carbocycles. The van der Waals surface area contributed by atoms with Gasteiger partial charge in [-0.15, -0.1) is 0 Å². The minimum absolute atomic E-state index is 0.279. The molecule has 0 spiro atoms. The number of rotatable bonds is 5. The molecule has 1 aromatic carbocycles. The number of carbonyl (C=O) groups excluding carboxylic acids is 1. The van der Waals surface area contributed by atoms with E-state index >= 15 is 0 Å². The van der Waals surface area contributed by atoms with Crippen molar-refractivity contribution in [1.82, 2.24) is 4.90 Å². The number of amides is 1. The maximum Gasteiger partial charge on any atom is 0.250 e. The van der Waals surface area contributed by atoms with Gasteiger partial charge in [-0.3, -0.25) is 9.69 Å². The Morgan fingerprint density at radius 1 is 1.50 bits per heavy atom. The van der Waals surface area contributed by atoms with E-state index in [1.165, 1.54) is 0 Å². The molecule has 6 heteroatoms. The van der Waals surface area contributed by atoms with Crippen LogP contribution in [0.15, 0.2) is 28.7 Å². The van der Waals surface area contributed by atoms with Gasteiger partial charge in [0.25, 0.3) is 5.91 Å². The zero-order chi connectivity index (χ0) is 14.6. The molecule has 20 heavy (non-hydrogen) atoms. The van der Waals surface area contributed by atoms with Crippen molar-refractivity contribution in [1.29, 1.82) is 0 Å². The second-order valence-corrected chi connectivity index (χ2v) is 5.91. The summed E-state index contributed by atoms with van der Waals surface area (Å²) in [7, 11) is 0. The van der Waals surface area contributed by atoms with Crippen LogP contribution in [0.5, 0.6) is 5.75 Å². The fourth-order valence-corrected chi connectivity index (χ4v) is 2.76. The van der Waals surface area contributed by atoms with Crippen LogP contribution < -0.4 is 10.5 Å². The summed E-state index contributed by atoms with van der Waals surface area (Å²) < 4.78 is 6.59. The summed E-state index contributed by atoms with van der Waals surface area (Å²) in [6.45, 7) is 2.27. The molecule has 5 nitrogen and oxygen atoms in total. The Balaban J connectivity index is 1.83. The number of piperidine rings is 1. The molecule has 1 heterocycles. The third kappa shape index (κ3) is 3.71. The van der Waals surface area contributed by atoms with Crippen LogP contribution in [0.1, 0.15) is 12.8 Å². The zero-order valence-electron chi connectivity index (χ0n) is 11.2. The van der Waals surface area contributed by atoms with Gasteiger partial charge < -0.3 is 15.6 Å². The first kappa shape index (κ1) is 15.3. The number of hydrogen-bond acceptors (Lipinski definition) is 4. The third-order valence-corrected chi connectivity index (χ3v) is 4.17. The van der Waals surface area contributed by atoms with Gasteiger partial charge in [0.1, 0.15) is 12.4 Å². The normalized spacial score (nSPS) is 23.5. The highest BCUT2D eigenvalue weighted by molar-refractivity contribution is 9.10. The second kappa shape index (κ2) is 6.56. The van der Waals surface area contributed by atoms with Crippen LogP contribution >= 0.6 is 15.9 Å². The van der Waals surface area contributed by atoms with E-state index in [0.29, 0.717) is 19.6 Å². The standard InChI is InChI=1S/C14H19BrN2O3/c15-11-4-1-2-5-12(11)20-9-8-17-7-3-6-14(19,10-17)13(16)18/h1-2,4-5,19H,3,6-10H2,(H2,16,18). The molecule has 2 rings (SSSR count). The fraction of sp³-hybridized carbons (Fsp3) is 0.500. The molecule has 1 unspecified atom stereocenters. The average molecular weight is 343 g/mol. The molecule has 0 aromatic heterocycles. The van der Waals surface area contributed by atoms with Crippen molar-refractivity contribution in [3.05, 3.63) is 28.7 Å². The first-order valence-corrected chi connectivity index (χ1v) is 7.42. The molecule has 1 aromatic rings. The van der Waals surface area contributed by atoms with Crippen LogP contribution in [-0.4, -0.2) is 47.8 Å². The summed E-state index contributed by atoms with van der Waals surface area (Å²) in [5.74, 6) is 0.142. The molecule has 1 atom stereocenters. The molecule has 1 aliphatic heterocycles. The first-order valence-electron chi connectivity index (χ1n) is 6.63. The third-order valence-electron chi connectivity index (χ3n) is 3.51. The van der Waals surface area contributed by atoms with E-state index in [4.69, 9.17) is 10.5 Å². The van der Waals surface area contributed by atoms with Gasteiger partial charge in [0.05, 0.1) is 4.47 Å². The summed E-state index contributed by atoms with van der Waals surface area (Å²) in [6.07, 6.45) is 1.19. The molecule has 1 saturated heterocycles. The number of likely N-dealkylation sites (tertiary alicyclic amines) is 1. The topological polar surface area (TPSA) is 75.8 Å². The van der Waals surface area contributed by atoms with E-state index < -0.39 is 11.5 Å². The molecule has 0 bridgehead atoms. The lowest BCUT2D eigenvalue weighted by Crippen LogP contribution is -2.56. The molecule has 3 N–H and O–H groups in total. The van der Waals surface area contributed by atoms with Crippen LogP contribution in [0.4, 0.5) is 0 Å². The maximum atomic E-state index is 11.3. The number of halogens is 1. The number of hydrogen-bond donors (Lipinski definition) is 2. The summed E-state index contributed by atoms with van der Waals surface area (Å²) in [5, 5.41) is 10.1. The smallest absolute Gasteiger partial charge is 0.250 e. The summed E-state index contributed by atoms with van der Waals surface area (Å²) >= 11 is 3.42. The number of primary amides is 1. The lowest BCUT2D eigenvalue weighted by molar-refractivity contribution is -0.142. The molecular weight excluding hydrogens is 324 g/mol. The minimum Gasteiger partial charge on any atom is -0.491 e. The zero-order valence-corrected chi connectivity index (χ0v) is 12.8. The first-order chi connectivity index (χ1) is 9.51. The van der Waals surface area contributed by atoms with Crippen molar-refractivity contribution >= 4 is 21.8 Å². The van der Waals surface area contributed by atoms with Crippen LogP contribution in [0.2, 0.25) is 0 Å². The summed E-state index contributed by atoms with van der Waals surface area (Å²) in [6, 6.07) is 7.64. The van der Waals surface area contributed by atoms with Crippen molar-refractivity contribution < 1.29 is 14.6 Å². The minimum atomic E-state index is -1.40. The average Bonchev–Trinajstić information content (AvgIpc) is 2.41. The van der Waals surface area contributed by atoms with Gasteiger partial charge in [-0.05, 0) is 47.4 Å². The highest BCUT2D eigenvalue weighted by Gasteiger charge is 2.38. The van der Waals surface area contributed by atoms with Crippen molar-refractivity contribution in [3.63, 3.8) is 0 Å². The highest BCUT2D eigenvalue weighted by Crippen LogP contribution is 2.24. The number of aliphatic hydroxyl groups is 1. The van der Waals surface area contributed by atoms with E-state index in [0.717, 1.165) is 23.2 Å². The summed E-state index contributed by atoms with van der Waals surface area (Å²) in [4.78, 5) is 13.3. The number of benzene rings is 1. The van der Waals surface area contributed by atoms with Gasteiger partial charge in [-0.1, -0.05) is 12.1 Å². The van der Waals surface area contributed by atoms with Crippen molar-refractivity contribution in [2.24, 2.45) is 5.73 Å². The second-order valence-electron chi connectivity index (χ2n) is 5.05. The number of nitrogens with two attached hydrogens (primary N) is 1. The van der Waals surface area contributed by atoms with Crippen LogP contribution in [-0.2, 0) is 4.79 Å². The molecule has 1 aliphatic rings. The van der Waals surface area contributed by atoms with Crippen molar-refractivity contribution in [3.8, 4) is 5.75 Å². The SMILES string of the molecule is NC(=O)C1(O)CCCN(CCOc2ccccc2Br)C1. The largest absolute Gasteiger partial charge is 0.491 e. The quantitative estimate of drug-likeness (QED) is 0.841. The Morgan fingerprint density at radius 3 is 2.95 bits per heavy atom. The Morgan fingerprint density at radius 2 is 2.25 bits per heavy atom. The van der Waals surface area contributed by atoms with E-state index in [1.807, 2.05) is 29.2 Å². The van der Waals surface area contributed by atoms with E-state index in [9.17, 15) is 9.90 Å². The van der Waals surface area contributed by atoms with Gasteiger partial charge >= 0.3 is 0 Å². The fourth-order valence-electron chi connectivity index (χ4n) is 2.36. The number of carbonyl (C=O) groups is 1. The Hall–Kier alpha value is -1.11. The molecule has 1 amide bonds. The van der Waals surface area contributed by atoms with Crippen molar-refractivity contribution in [2.75, 3.05) is 26.2 Å². The molecule has 1 fully saturated rings. The number of nitrogens with zero attached hydrogens (tertiary/aromatic N) is 1. The number of β-amino-alcohol motifs (C(OH)–C–C–N with tert-alkyl or cyclic N) is 1. The van der Waals surface area contributed by atoms with E-state index in [-0.39, 0.29) is 6.54 Å². The summed E-state index contributed by atoms with van der Waals surface area (Å²) in [5.41, 5.74) is 3.85. The lowest BCUT2D eigenvalue weighted by Gasteiger charge is -2.36. The van der Waals surface area contributed by atoms with Crippen LogP contribution in [0.3, 0.4) is 0 Å². The highest BCUT2D eigenvalue weighted by atomic mass is 79.9. The Labute approximate surface area is 126 Å². The maximum absolute atomic E-state index is 11.3. The van der Waals surface area contributed by atoms with Gasteiger partial charge in [-0.25, -0.2) is 0 Å². The lowest BCUT2D eigenvalue weighted by atomic mass is 9.92. The predicted octanol–water partition coefficient (Wildman–Crippen LogP) is 1.14. The monoisotopic (exact) mass is 342 g/mol. The Kier molecular flexibility index (Phi) is 5.01. The van der Waals surface area contributed by atoms with Crippen LogP contribution in [0, 0.1) is 0 Å². The van der Waals surface area contributed by atoms with E-state index in [1.54, 1.807) is 0 Å².